The minimum atomic E-state index is 0.142. The molecule has 1 aromatic heterocycles. The van der Waals surface area contributed by atoms with Crippen molar-refractivity contribution >= 4 is 0 Å². The summed E-state index contributed by atoms with van der Waals surface area (Å²) in [7, 11) is 4.99. The number of phenolic OH excluding ortho intramolecular Hbond substituents is 1. The molecule has 3 aromatic carbocycles. The zero-order chi connectivity index (χ0) is 24.1. The number of hydrogen-bond acceptors (Lipinski definition) is 5. The first-order valence-electron chi connectivity index (χ1n) is 11.9. The zero-order valence-corrected chi connectivity index (χ0v) is 20.1. The van der Waals surface area contributed by atoms with E-state index in [-0.39, 0.29) is 5.75 Å². The molecule has 2 aliphatic carbocycles. The summed E-state index contributed by atoms with van der Waals surface area (Å²) in [5.74, 6) is 2.35. The van der Waals surface area contributed by atoms with Crippen LogP contribution in [0.2, 0.25) is 0 Å². The molecule has 0 atom stereocenters. The van der Waals surface area contributed by atoms with E-state index in [0.717, 1.165) is 65.3 Å². The molecule has 35 heavy (non-hydrogen) atoms. The largest absolute Gasteiger partial charge is 0.504 e. The summed E-state index contributed by atoms with van der Waals surface area (Å²) in [6.07, 6.45) is 3.64. The number of aryl methyl sites for hydroxylation is 2. The van der Waals surface area contributed by atoms with Gasteiger partial charge in [-0.3, -0.25) is 0 Å². The molecule has 0 fully saturated rings. The molecule has 0 saturated heterocycles. The van der Waals surface area contributed by atoms with Crippen molar-refractivity contribution in [1.82, 2.24) is 4.98 Å². The molecule has 2 aliphatic rings. The van der Waals surface area contributed by atoms with Crippen molar-refractivity contribution in [2.75, 3.05) is 21.3 Å². The number of benzene rings is 3. The molecule has 6 rings (SSSR count). The monoisotopic (exact) mass is 465 g/mol. The van der Waals surface area contributed by atoms with Crippen molar-refractivity contribution in [3.05, 3.63) is 76.9 Å². The third-order valence-electron chi connectivity index (χ3n) is 7.29. The van der Waals surface area contributed by atoms with Crippen LogP contribution in [-0.2, 0) is 25.7 Å². The van der Waals surface area contributed by atoms with Crippen molar-refractivity contribution in [3.63, 3.8) is 0 Å². The number of ether oxygens (including phenoxy) is 3. The van der Waals surface area contributed by atoms with Crippen LogP contribution in [0, 0.1) is 0 Å². The van der Waals surface area contributed by atoms with Gasteiger partial charge in [0.25, 0.3) is 0 Å². The average Bonchev–Trinajstić information content (AvgIpc) is 2.91. The Bertz CT molecular complexity index is 1390. The maximum absolute atomic E-state index is 10.3. The second-order valence-corrected chi connectivity index (χ2v) is 9.07. The minimum absolute atomic E-state index is 0.142. The summed E-state index contributed by atoms with van der Waals surface area (Å²) in [5, 5.41) is 10.3. The predicted molar refractivity (Wildman–Crippen MR) is 137 cm³/mol. The zero-order valence-electron chi connectivity index (χ0n) is 20.1. The molecule has 0 saturated carbocycles. The number of aromatic nitrogens is 1. The summed E-state index contributed by atoms with van der Waals surface area (Å²) >= 11 is 0. The number of fused-ring (bicyclic) bond motifs is 6. The lowest BCUT2D eigenvalue weighted by Crippen LogP contribution is -2.15. The van der Waals surface area contributed by atoms with E-state index in [0.29, 0.717) is 5.75 Å². The minimum Gasteiger partial charge on any atom is -0.504 e. The van der Waals surface area contributed by atoms with E-state index >= 15 is 0 Å². The van der Waals surface area contributed by atoms with Crippen LogP contribution < -0.4 is 14.2 Å². The van der Waals surface area contributed by atoms with Crippen LogP contribution in [0.3, 0.4) is 0 Å². The van der Waals surface area contributed by atoms with Crippen LogP contribution in [0.15, 0.2) is 54.6 Å². The first kappa shape index (κ1) is 21.5. The smallest absolute Gasteiger partial charge is 0.161 e. The van der Waals surface area contributed by atoms with E-state index in [9.17, 15) is 5.11 Å². The Morgan fingerprint density at radius 2 is 1.23 bits per heavy atom. The van der Waals surface area contributed by atoms with Crippen LogP contribution in [0.25, 0.3) is 33.6 Å². The van der Waals surface area contributed by atoms with Crippen LogP contribution >= 0.6 is 0 Å². The third kappa shape index (κ3) is 3.42. The molecule has 176 valence electrons. The highest BCUT2D eigenvalue weighted by Crippen LogP contribution is 2.47. The fraction of sp³-hybridized carbons (Fsp3) is 0.233. The molecule has 0 amide bonds. The Hall–Kier alpha value is -3.99. The summed E-state index contributed by atoms with van der Waals surface area (Å²) < 4.78 is 16.4. The van der Waals surface area contributed by atoms with Gasteiger partial charge in [0.05, 0.1) is 32.7 Å². The van der Waals surface area contributed by atoms with Gasteiger partial charge in [0.1, 0.15) is 11.5 Å². The summed E-state index contributed by atoms with van der Waals surface area (Å²) in [6.45, 7) is 0. The Balaban J connectivity index is 1.66. The van der Waals surface area contributed by atoms with Gasteiger partial charge in [-0.25, -0.2) is 4.98 Å². The Labute approximate surface area is 205 Å². The van der Waals surface area contributed by atoms with Crippen molar-refractivity contribution in [2.45, 2.75) is 25.7 Å². The number of aromatic hydroxyl groups is 1. The summed E-state index contributed by atoms with van der Waals surface area (Å²) in [6, 6.07) is 18.2. The number of rotatable bonds is 4. The highest BCUT2D eigenvalue weighted by atomic mass is 16.5. The molecule has 0 bridgehead atoms. The van der Waals surface area contributed by atoms with E-state index < -0.39 is 0 Å². The SMILES string of the molecule is COc1ccc2c(c1)CCc1c-2nc2c(c1-c1ccc(O)c(OC)c1)CCc1cc(OC)ccc1-2. The van der Waals surface area contributed by atoms with Gasteiger partial charge in [-0.1, -0.05) is 6.07 Å². The molecule has 0 spiro atoms. The maximum Gasteiger partial charge on any atom is 0.161 e. The molecule has 0 aliphatic heterocycles. The van der Waals surface area contributed by atoms with Gasteiger partial charge in [-0.15, -0.1) is 0 Å². The average molecular weight is 466 g/mol. The molecule has 5 nitrogen and oxygen atoms in total. The fourth-order valence-electron chi connectivity index (χ4n) is 5.57. The van der Waals surface area contributed by atoms with Crippen molar-refractivity contribution in [1.29, 1.82) is 0 Å². The lowest BCUT2D eigenvalue weighted by atomic mass is 9.78. The van der Waals surface area contributed by atoms with Crippen molar-refractivity contribution in [2.24, 2.45) is 0 Å². The van der Waals surface area contributed by atoms with E-state index in [1.54, 1.807) is 27.4 Å². The van der Waals surface area contributed by atoms with E-state index in [1.807, 2.05) is 24.3 Å². The summed E-state index contributed by atoms with van der Waals surface area (Å²) in [4.78, 5) is 5.33. The molecular formula is C30H27NO4. The number of hydrogen-bond donors (Lipinski definition) is 1. The molecule has 0 unspecified atom stereocenters. The normalized spacial score (nSPS) is 13.2. The van der Waals surface area contributed by atoms with E-state index in [1.165, 1.54) is 27.8 Å². The number of pyridine rings is 1. The maximum atomic E-state index is 10.3. The predicted octanol–water partition coefficient (Wildman–Crippen LogP) is 6.01. The van der Waals surface area contributed by atoms with Gasteiger partial charge >= 0.3 is 0 Å². The van der Waals surface area contributed by atoms with Crippen molar-refractivity contribution in [3.8, 4) is 56.6 Å². The first-order chi connectivity index (χ1) is 17.1. The van der Waals surface area contributed by atoms with Gasteiger partial charge in [0, 0.05) is 11.1 Å². The molecule has 4 aromatic rings. The quantitative estimate of drug-likeness (QED) is 0.400. The lowest BCUT2D eigenvalue weighted by molar-refractivity contribution is 0.373. The van der Waals surface area contributed by atoms with Gasteiger partial charge in [0.15, 0.2) is 11.5 Å². The highest BCUT2D eigenvalue weighted by Gasteiger charge is 2.29. The van der Waals surface area contributed by atoms with Crippen LogP contribution in [0.4, 0.5) is 0 Å². The van der Waals surface area contributed by atoms with Crippen LogP contribution in [-0.4, -0.2) is 31.4 Å². The molecular weight excluding hydrogens is 438 g/mol. The Morgan fingerprint density at radius 1 is 0.657 bits per heavy atom. The molecule has 1 heterocycles. The number of phenols is 1. The second-order valence-electron chi connectivity index (χ2n) is 9.07. The molecule has 0 radical (unpaired) electrons. The van der Waals surface area contributed by atoms with Gasteiger partial charge in [0.2, 0.25) is 0 Å². The molecule has 5 heteroatoms. The number of nitrogens with zero attached hydrogens (tertiary/aromatic N) is 1. The van der Waals surface area contributed by atoms with E-state index in [4.69, 9.17) is 19.2 Å². The Kier molecular flexibility index (Phi) is 5.14. The number of methoxy groups -OCH3 is 3. The fourth-order valence-corrected chi connectivity index (χ4v) is 5.57. The van der Waals surface area contributed by atoms with Gasteiger partial charge in [-0.2, -0.15) is 0 Å². The van der Waals surface area contributed by atoms with E-state index in [2.05, 4.69) is 24.3 Å². The second kappa shape index (κ2) is 8.35. The Morgan fingerprint density at radius 3 is 1.74 bits per heavy atom. The van der Waals surface area contributed by atoms with Crippen LogP contribution in [0.5, 0.6) is 23.0 Å². The third-order valence-corrected chi connectivity index (χ3v) is 7.29. The summed E-state index contributed by atoms with van der Waals surface area (Å²) in [5.41, 5.74) is 11.6. The molecule has 1 N–H and O–H groups in total. The van der Waals surface area contributed by atoms with Gasteiger partial charge in [-0.05, 0) is 108 Å². The van der Waals surface area contributed by atoms with Gasteiger partial charge < -0.3 is 19.3 Å². The first-order valence-corrected chi connectivity index (χ1v) is 11.9. The lowest BCUT2D eigenvalue weighted by Gasteiger charge is -2.29. The standard InChI is InChI=1S/C30H27NO4/c1-33-20-7-11-22-17(14-20)4-9-24-28(19-6-13-26(32)27(16-19)35-3)25-10-5-18-15-21(34-2)8-12-23(18)30(25)31-29(22)24/h6-8,11-16,32H,4-5,9-10H2,1-3H3. The van der Waals surface area contributed by atoms with Crippen LogP contribution in [0.1, 0.15) is 22.3 Å². The topological polar surface area (TPSA) is 60.8 Å². The van der Waals surface area contributed by atoms with Crippen molar-refractivity contribution < 1.29 is 19.3 Å². The highest BCUT2D eigenvalue weighted by molar-refractivity contribution is 5.88.